The molecular formula is C32H31Cl2N3O4S. The van der Waals surface area contributed by atoms with Crippen molar-refractivity contribution in [1.29, 1.82) is 0 Å². The minimum absolute atomic E-state index is 0.00822. The zero-order valence-corrected chi connectivity index (χ0v) is 25.5. The van der Waals surface area contributed by atoms with Crippen molar-refractivity contribution in [2.75, 3.05) is 17.9 Å². The van der Waals surface area contributed by atoms with E-state index in [0.29, 0.717) is 0 Å². The molecule has 0 radical (unpaired) electrons. The summed E-state index contributed by atoms with van der Waals surface area (Å²) < 4.78 is 28.9. The maximum absolute atomic E-state index is 14.3. The van der Waals surface area contributed by atoms with Gasteiger partial charge in [0, 0.05) is 30.1 Å². The molecule has 0 saturated carbocycles. The predicted molar refractivity (Wildman–Crippen MR) is 167 cm³/mol. The van der Waals surface area contributed by atoms with Gasteiger partial charge in [-0.25, -0.2) is 8.42 Å². The number of hydrogen-bond donors (Lipinski definition) is 1. The predicted octanol–water partition coefficient (Wildman–Crippen LogP) is 5.88. The Morgan fingerprint density at radius 1 is 0.810 bits per heavy atom. The van der Waals surface area contributed by atoms with Crippen LogP contribution in [0.1, 0.15) is 16.7 Å². The highest BCUT2D eigenvalue weighted by Crippen LogP contribution is 2.30. The number of amides is 2. The number of anilines is 1. The van der Waals surface area contributed by atoms with Crippen LogP contribution in [0.5, 0.6) is 0 Å². The molecule has 4 aromatic carbocycles. The van der Waals surface area contributed by atoms with Crippen LogP contribution in [0.25, 0.3) is 0 Å². The van der Waals surface area contributed by atoms with Gasteiger partial charge in [0.15, 0.2) is 0 Å². The van der Waals surface area contributed by atoms with Crippen molar-refractivity contribution in [3.8, 4) is 0 Å². The van der Waals surface area contributed by atoms with Crippen molar-refractivity contribution in [3.05, 3.63) is 130 Å². The molecule has 0 spiro atoms. The van der Waals surface area contributed by atoms with Crippen LogP contribution in [0.3, 0.4) is 0 Å². The normalized spacial score (nSPS) is 11.9. The standard InChI is InChI=1S/C32H31Cl2N3O4S/c1-23-13-15-25(16-14-23)21-36(30(32(39)35-2)17-24-9-5-3-6-10-24)31(38)22-37(28-19-26(33)18-27(34)20-28)42(40,41)29-11-7-4-8-12-29/h3-16,18-20,30H,17,21-22H2,1-2H3,(H,35,39). The van der Waals surface area contributed by atoms with E-state index in [-0.39, 0.29) is 39.5 Å². The van der Waals surface area contributed by atoms with Crippen LogP contribution in [0.4, 0.5) is 5.69 Å². The summed E-state index contributed by atoms with van der Waals surface area (Å²) in [5.41, 5.74) is 2.81. The Labute approximate surface area is 256 Å². The Morgan fingerprint density at radius 2 is 1.38 bits per heavy atom. The second kappa shape index (κ2) is 13.9. The van der Waals surface area contributed by atoms with E-state index in [1.807, 2.05) is 61.5 Å². The Bertz CT molecular complexity index is 1610. The quantitative estimate of drug-likeness (QED) is 0.226. The highest BCUT2D eigenvalue weighted by molar-refractivity contribution is 7.92. The molecule has 218 valence electrons. The minimum atomic E-state index is -4.24. The summed E-state index contributed by atoms with van der Waals surface area (Å²) in [6.07, 6.45) is 0.229. The Kier molecular flexibility index (Phi) is 10.3. The molecule has 0 heterocycles. The average molecular weight is 625 g/mol. The molecule has 4 aromatic rings. The number of sulfonamides is 1. The molecule has 4 rings (SSSR count). The second-order valence-electron chi connectivity index (χ2n) is 9.78. The second-order valence-corrected chi connectivity index (χ2v) is 12.5. The van der Waals surface area contributed by atoms with E-state index in [1.54, 1.807) is 18.2 Å². The maximum Gasteiger partial charge on any atom is 0.264 e. The fraction of sp³-hybridized carbons (Fsp3) is 0.188. The highest BCUT2D eigenvalue weighted by Gasteiger charge is 2.34. The summed E-state index contributed by atoms with van der Waals surface area (Å²) in [7, 11) is -2.73. The first-order chi connectivity index (χ1) is 20.1. The van der Waals surface area contributed by atoms with Crippen LogP contribution in [0.2, 0.25) is 10.0 Å². The number of likely N-dealkylation sites (N-methyl/N-ethyl adjacent to an activating group) is 1. The third-order valence-corrected chi connectivity index (χ3v) is 8.96. The first-order valence-electron chi connectivity index (χ1n) is 13.2. The lowest BCUT2D eigenvalue weighted by Gasteiger charge is -2.33. The molecular weight excluding hydrogens is 593 g/mol. The Balaban J connectivity index is 1.80. The van der Waals surface area contributed by atoms with Crippen molar-refractivity contribution in [3.63, 3.8) is 0 Å². The monoisotopic (exact) mass is 623 g/mol. The van der Waals surface area contributed by atoms with Gasteiger partial charge < -0.3 is 10.2 Å². The van der Waals surface area contributed by atoms with Gasteiger partial charge >= 0.3 is 0 Å². The summed E-state index contributed by atoms with van der Waals surface area (Å²) in [5.74, 6) is -0.946. The number of aryl methyl sites for hydroxylation is 1. The number of carbonyl (C=O) groups excluding carboxylic acids is 2. The van der Waals surface area contributed by atoms with E-state index in [1.165, 1.54) is 42.3 Å². The number of rotatable bonds is 11. The molecule has 42 heavy (non-hydrogen) atoms. The van der Waals surface area contributed by atoms with Crippen LogP contribution in [0, 0.1) is 6.92 Å². The lowest BCUT2D eigenvalue weighted by molar-refractivity contribution is -0.139. The van der Waals surface area contributed by atoms with Crippen LogP contribution in [-0.4, -0.2) is 44.8 Å². The van der Waals surface area contributed by atoms with Gasteiger partial charge in [0.05, 0.1) is 10.6 Å². The van der Waals surface area contributed by atoms with Gasteiger partial charge in [-0.15, -0.1) is 0 Å². The molecule has 1 atom stereocenters. The lowest BCUT2D eigenvalue weighted by Crippen LogP contribution is -2.53. The van der Waals surface area contributed by atoms with Crippen molar-refractivity contribution in [1.82, 2.24) is 10.2 Å². The molecule has 1 unspecified atom stereocenters. The van der Waals surface area contributed by atoms with E-state index in [2.05, 4.69) is 5.32 Å². The number of nitrogens with zero attached hydrogens (tertiary/aromatic N) is 2. The molecule has 2 amide bonds. The third kappa shape index (κ3) is 7.70. The average Bonchev–Trinajstić information content (AvgIpc) is 2.98. The fourth-order valence-electron chi connectivity index (χ4n) is 4.54. The number of benzene rings is 4. The smallest absolute Gasteiger partial charge is 0.264 e. The summed E-state index contributed by atoms with van der Waals surface area (Å²) in [5, 5.41) is 3.09. The number of carbonyl (C=O) groups is 2. The van der Waals surface area contributed by atoms with Gasteiger partial charge in [-0.05, 0) is 48.4 Å². The van der Waals surface area contributed by atoms with Crippen LogP contribution >= 0.6 is 23.2 Å². The molecule has 0 aliphatic rings. The molecule has 0 aliphatic heterocycles. The minimum Gasteiger partial charge on any atom is -0.357 e. The molecule has 1 N–H and O–H groups in total. The van der Waals surface area contributed by atoms with Gasteiger partial charge in [-0.2, -0.15) is 0 Å². The lowest BCUT2D eigenvalue weighted by atomic mass is 10.0. The summed E-state index contributed by atoms with van der Waals surface area (Å²) >= 11 is 12.5. The van der Waals surface area contributed by atoms with Gasteiger partial charge in [0.2, 0.25) is 11.8 Å². The van der Waals surface area contributed by atoms with Gasteiger partial charge in [-0.3, -0.25) is 13.9 Å². The highest BCUT2D eigenvalue weighted by atomic mass is 35.5. The summed E-state index contributed by atoms with van der Waals surface area (Å²) in [6.45, 7) is 1.44. The zero-order chi connectivity index (χ0) is 30.3. The van der Waals surface area contributed by atoms with E-state index in [0.717, 1.165) is 21.0 Å². The van der Waals surface area contributed by atoms with Gasteiger partial charge in [0.1, 0.15) is 12.6 Å². The Morgan fingerprint density at radius 3 is 1.95 bits per heavy atom. The number of hydrogen-bond acceptors (Lipinski definition) is 4. The topological polar surface area (TPSA) is 86.8 Å². The molecule has 7 nitrogen and oxygen atoms in total. The SMILES string of the molecule is CNC(=O)C(Cc1ccccc1)N(Cc1ccc(C)cc1)C(=O)CN(c1cc(Cl)cc(Cl)c1)S(=O)(=O)c1ccccc1. The molecule has 0 aromatic heterocycles. The van der Waals surface area contributed by atoms with Crippen molar-refractivity contribution < 1.29 is 18.0 Å². The van der Waals surface area contributed by atoms with Crippen LogP contribution in [0.15, 0.2) is 108 Å². The van der Waals surface area contributed by atoms with Crippen molar-refractivity contribution in [2.24, 2.45) is 0 Å². The van der Waals surface area contributed by atoms with E-state index < -0.39 is 28.5 Å². The van der Waals surface area contributed by atoms with Crippen molar-refractivity contribution in [2.45, 2.75) is 30.8 Å². The van der Waals surface area contributed by atoms with Crippen LogP contribution in [-0.2, 0) is 32.6 Å². The fourth-order valence-corrected chi connectivity index (χ4v) is 6.48. The van der Waals surface area contributed by atoms with Gasteiger partial charge in [0.25, 0.3) is 10.0 Å². The summed E-state index contributed by atoms with van der Waals surface area (Å²) in [6, 6.07) is 28.2. The van der Waals surface area contributed by atoms with E-state index >= 15 is 0 Å². The molecule has 0 fully saturated rings. The first-order valence-corrected chi connectivity index (χ1v) is 15.4. The largest absolute Gasteiger partial charge is 0.357 e. The molecule has 0 aliphatic carbocycles. The van der Waals surface area contributed by atoms with Crippen molar-refractivity contribution >= 4 is 50.7 Å². The summed E-state index contributed by atoms with van der Waals surface area (Å²) in [4.78, 5) is 29.0. The number of halogens is 2. The first kappa shape index (κ1) is 31.1. The Hall–Kier alpha value is -3.85. The molecule has 0 saturated heterocycles. The zero-order valence-electron chi connectivity index (χ0n) is 23.2. The van der Waals surface area contributed by atoms with Gasteiger partial charge in [-0.1, -0.05) is 102 Å². The van der Waals surface area contributed by atoms with Crippen LogP contribution < -0.4 is 9.62 Å². The third-order valence-electron chi connectivity index (χ3n) is 6.74. The maximum atomic E-state index is 14.3. The van der Waals surface area contributed by atoms with E-state index in [4.69, 9.17) is 23.2 Å². The van der Waals surface area contributed by atoms with E-state index in [9.17, 15) is 18.0 Å². The molecule has 10 heteroatoms. The molecule has 0 bridgehead atoms. The number of nitrogens with one attached hydrogen (secondary N) is 1.